The Morgan fingerprint density at radius 2 is 1.93 bits per heavy atom. The first-order valence-corrected chi connectivity index (χ1v) is 5.67. The molecule has 1 rings (SSSR count). The molecule has 0 aliphatic carbocycles. The number of hydrogen-bond acceptors (Lipinski definition) is 2. The standard InChI is InChI=1S/C13H21NO/c1-2-12(8-11(9-14)10-15)13-6-4-3-5-7-13/h3-7,11-12,15H,2,8-10,14H2,1H3. The molecule has 0 spiro atoms. The molecule has 0 saturated heterocycles. The summed E-state index contributed by atoms with van der Waals surface area (Å²) in [4.78, 5) is 0. The molecule has 2 atom stereocenters. The van der Waals surface area contributed by atoms with E-state index >= 15 is 0 Å². The lowest BCUT2D eigenvalue weighted by molar-refractivity contribution is 0.214. The third-order valence-electron chi connectivity index (χ3n) is 2.97. The lowest BCUT2D eigenvalue weighted by atomic mass is 9.87. The molecular weight excluding hydrogens is 186 g/mol. The highest BCUT2D eigenvalue weighted by molar-refractivity contribution is 5.19. The van der Waals surface area contributed by atoms with Gasteiger partial charge in [0.25, 0.3) is 0 Å². The summed E-state index contributed by atoms with van der Waals surface area (Å²) < 4.78 is 0. The van der Waals surface area contributed by atoms with Crippen molar-refractivity contribution in [3.63, 3.8) is 0 Å². The molecule has 15 heavy (non-hydrogen) atoms. The number of rotatable bonds is 6. The van der Waals surface area contributed by atoms with E-state index < -0.39 is 0 Å². The third kappa shape index (κ3) is 3.65. The summed E-state index contributed by atoms with van der Waals surface area (Å²) in [7, 11) is 0. The van der Waals surface area contributed by atoms with Crippen LogP contribution in [0, 0.1) is 5.92 Å². The van der Waals surface area contributed by atoms with Crippen molar-refractivity contribution in [2.45, 2.75) is 25.7 Å². The molecule has 2 heteroatoms. The Bertz CT molecular complexity index is 256. The van der Waals surface area contributed by atoms with Gasteiger partial charge in [0, 0.05) is 6.61 Å². The Kier molecular flexibility index (Phi) is 5.37. The van der Waals surface area contributed by atoms with Gasteiger partial charge in [-0.1, -0.05) is 37.3 Å². The molecule has 0 bridgehead atoms. The molecular formula is C13H21NO. The second kappa shape index (κ2) is 6.59. The van der Waals surface area contributed by atoms with E-state index in [0.717, 1.165) is 12.8 Å². The van der Waals surface area contributed by atoms with Crippen molar-refractivity contribution in [1.82, 2.24) is 0 Å². The molecule has 0 aliphatic rings. The molecule has 1 aromatic carbocycles. The normalized spacial score (nSPS) is 14.9. The Hall–Kier alpha value is -0.860. The third-order valence-corrected chi connectivity index (χ3v) is 2.97. The van der Waals surface area contributed by atoms with Crippen LogP contribution in [0.15, 0.2) is 30.3 Å². The lowest BCUT2D eigenvalue weighted by Crippen LogP contribution is -2.20. The van der Waals surface area contributed by atoms with Crippen molar-refractivity contribution in [1.29, 1.82) is 0 Å². The maximum Gasteiger partial charge on any atom is 0.0471 e. The maximum absolute atomic E-state index is 9.14. The first kappa shape index (κ1) is 12.2. The van der Waals surface area contributed by atoms with Crippen LogP contribution >= 0.6 is 0 Å². The number of aliphatic hydroxyl groups excluding tert-OH is 1. The zero-order chi connectivity index (χ0) is 11.1. The first-order valence-electron chi connectivity index (χ1n) is 5.67. The van der Waals surface area contributed by atoms with Crippen LogP contribution in [0.1, 0.15) is 31.2 Å². The molecule has 0 heterocycles. The molecule has 0 radical (unpaired) electrons. The maximum atomic E-state index is 9.14. The fourth-order valence-electron chi connectivity index (χ4n) is 1.91. The van der Waals surface area contributed by atoms with Crippen LogP contribution in [0.5, 0.6) is 0 Å². The average Bonchev–Trinajstić information content (AvgIpc) is 2.32. The molecule has 0 amide bonds. The first-order chi connectivity index (χ1) is 7.31. The summed E-state index contributed by atoms with van der Waals surface area (Å²) in [6.45, 7) is 2.95. The van der Waals surface area contributed by atoms with Gasteiger partial charge in [0.1, 0.15) is 0 Å². The summed E-state index contributed by atoms with van der Waals surface area (Å²) in [5, 5.41) is 9.14. The Balaban J connectivity index is 2.64. The van der Waals surface area contributed by atoms with E-state index in [-0.39, 0.29) is 12.5 Å². The molecule has 0 aliphatic heterocycles. The highest BCUT2D eigenvalue weighted by Gasteiger charge is 2.14. The predicted molar refractivity (Wildman–Crippen MR) is 63.7 cm³/mol. The Labute approximate surface area is 92.1 Å². The second-order valence-electron chi connectivity index (χ2n) is 4.04. The second-order valence-corrected chi connectivity index (χ2v) is 4.04. The topological polar surface area (TPSA) is 46.2 Å². The van der Waals surface area contributed by atoms with E-state index in [4.69, 9.17) is 10.8 Å². The molecule has 3 N–H and O–H groups in total. The number of hydrogen-bond donors (Lipinski definition) is 2. The minimum Gasteiger partial charge on any atom is -0.396 e. The van der Waals surface area contributed by atoms with E-state index in [9.17, 15) is 0 Å². The monoisotopic (exact) mass is 207 g/mol. The van der Waals surface area contributed by atoms with Gasteiger partial charge in [-0.15, -0.1) is 0 Å². The van der Waals surface area contributed by atoms with Gasteiger partial charge in [-0.25, -0.2) is 0 Å². The van der Waals surface area contributed by atoms with E-state index in [1.165, 1.54) is 5.56 Å². The predicted octanol–water partition coefficient (Wildman–Crippen LogP) is 2.14. The van der Waals surface area contributed by atoms with Gasteiger partial charge in [0.15, 0.2) is 0 Å². The molecule has 84 valence electrons. The van der Waals surface area contributed by atoms with Crippen LogP contribution in [-0.4, -0.2) is 18.3 Å². The van der Waals surface area contributed by atoms with Crippen LogP contribution in [0.3, 0.4) is 0 Å². The van der Waals surface area contributed by atoms with Gasteiger partial charge in [-0.05, 0) is 36.8 Å². The van der Waals surface area contributed by atoms with Crippen LogP contribution < -0.4 is 5.73 Å². The van der Waals surface area contributed by atoms with Gasteiger partial charge in [-0.3, -0.25) is 0 Å². The van der Waals surface area contributed by atoms with Crippen LogP contribution in [0.25, 0.3) is 0 Å². The molecule has 0 aromatic heterocycles. The van der Waals surface area contributed by atoms with E-state index in [1.54, 1.807) is 0 Å². The van der Waals surface area contributed by atoms with Crippen molar-refractivity contribution in [2.75, 3.05) is 13.2 Å². The summed E-state index contributed by atoms with van der Waals surface area (Å²) in [5.74, 6) is 0.752. The van der Waals surface area contributed by atoms with Gasteiger partial charge in [0.2, 0.25) is 0 Å². The fourth-order valence-corrected chi connectivity index (χ4v) is 1.91. The number of benzene rings is 1. The number of nitrogens with two attached hydrogens (primary N) is 1. The van der Waals surface area contributed by atoms with E-state index in [0.29, 0.717) is 12.5 Å². The SMILES string of the molecule is CCC(CC(CN)CO)c1ccccc1. The van der Waals surface area contributed by atoms with Crippen molar-refractivity contribution < 1.29 is 5.11 Å². The minimum atomic E-state index is 0.194. The van der Waals surface area contributed by atoms with Gasteiger partial charge in [-0.2, -0.15) is 0 Å². The average molecular weight is 207 g/mol. The molecule has 0 saturated carbocycles. The number of aliphatic hydroxyl groups is 1. The quantitative estimate of drug-likeness (QED) is 0.750. The van der Waals surface area contributed by atoms with Crippen LogP contribution in [0.2, 0.25) is 0 Å². The minimum absolute atomic E-state index is 0.194. The largest absolute Gasteiger partial charge is 0.396 e. The van der Waals surface area contributed by atoms with Gasteiger partial charge in [0.05, 0.1) is 0 Å². The van der Waals surface area contributed by atoms with Crippen molar-refractivity contribution in [2.24, 2.45) is 11.7 Å². The van der Waals surface area contributed by atoms with Gasteiger partial charge < -0.3 is 10.8 Å². The van der Waals surface area contributed by atoms with E-state index in [1.807, 2.05) is 6.07 Å². The highest BCUT2D eigenvalue weighted by atomic mass is 16.3. The van der Waals surface area contributed by atoms with Gasteiger partial charge >= 0.3 is 0 Å². The zero-order valence-corrected chi connectivity index (χ0v) is 9.39. The van der Waals surface area contributed by atoms with E-state index in [2.05, 4.69) is 31.2 Å². The van der Waals surface area contributed by atoms with Crippen LogP contribution in [-0.2, 0) is 0 Å². The molecule has 0 fully saturated rings. The van der Waals surface area contributed by atoms with Crippen molar-refractivity contribution in [3.8, 4) is 0 Å². The molecule has 2 unspecified atom stereocenters. The zero-order valence-electron chi connectivity index (χ0n) is 9.39. The summed E-state index contributed by atoms with van der Waals surface area (Å²) in [5.41, 5.74) is 6.96. The van der Waals surface area contributed by atoms with Crippen molar-refractivity contribution in [3.05, 3.63) is 35.9 Å². The highest BCUT2D eigenvalue weighted by Crippen LogP contribution is 2.26. The van der Waals surface area contributed by atoms with Crippen molar-refractivity contribution >= 4 is 0 Å². The van der Waals surface area contributed by atoms with Crippen LogP contribution in [0.4, 0.5) is 0 Å². The summed E-state index contributed by atoms with van der Waals surface area (Å²) >= 11 is 0. The Morgan fingerprint density at radius 1 is 1.27 bits per heavy atom. The smallest absolute Gasteiger partial charge is 0.0471 e. The molecule has 1 aromatic rings. The fraction of sp³-hybridized carbons (Fsp3) is 0.538. The Morgan fingerprint density at radius 3 is 2.40 bits per heavy atom. The molecule has 2 nitrogen and oxygen atoms in total. The lowest BCUT2D eigenvalue weighted by Gasteiger charge is -2.20. The summed E-state index contributed by atoms with van der Waals surface area (Å²) in [6, 6.07) is 10.5. The summed E-state index contributed by atoms with van der Waals surface area (Å²) in [6.07, 6.45) is 2.08.